The molecule has 3 rings (SSSR count). The smallest absolute Gasteiger partial charge is 0.271 e. The first-order valence-electron chi connectivity index (χ1n) is 7.78. The lowest BCUT2D eigenvalue weighted by molar-refractivity contribution is -0.384. The van der Waals surface area contributed by atoms with Crippen LogP contribution in [0.3, 0.4) is 0 Å². The molecule has 6 heteroatoms. The molecule has 0 radical (unpaired) electrons. The van der Waals surface area contributed by atoms with E-state index in [1.54, 1.807) is 24.0 Å². The minimum Gasteiger partial charge on any atom is -0.481 e. The lowest BCUT2D eigenvalue weighted by atomic mass is 10.1. The van der Waals surface area contributed by atoms with Gasteiger partial charge in [0, 0.05) is 18.7 Å². The normalized spacial score (nSPS) is 14.2. The van der Waals surface area contributed by atoms with Gasteiger partial charge in [0.2, 0.25) is 0 Å². The molecule has 1 aliphatic rings. The van der Waals surface area contributed by atoms with Crippen molar-refractivity contribution in [3.63, 3.8) is 0 Å². The number of nitro benzene ring substituents is 1. The molecule has 0 fully saturated rings. The highest BCUT2D eigenvalue weighted by molar-refractivity contribution is 5.98. The van der Waals surface area contributed by atoms with E-state index in [0.717, 1.165) is 11.1 Å². The van der Waals surface area contributed by atoms with Crippen molar-refractivity contribution in [3.05, 3.63) is 63.7 Å². The van der Waals surface area contributed by atoms with E-state index in [2.05, 4.69) is 0 Å². The molecule has 0 aromatic heterocycles. The zero-order chi connectivity index (χ0) is 17.3. The number of non-ortho nitro benzene ring substituents is 1. The van der Waals surface area contributed by atoms with Crippen molar-refractivity contribution < 1.29 is 14.5 Å². The third-order valence-corrected chi connectivity index (χ3v) is 4.09. The minimum absolute atomic E-state index is 0.0132. The predicted molar refractivity (Wildman–Crippen MR) is 90.4 cm³/mol. The number of aryl methyl sites for hydroxylation is 1. The van der Waals surface area contributed by atoms with Crippen LogP contribution in [0.5, 0.6) is 5.75 Å². The molecule has 24 heavy (non-hydrogen) atoms. The molecule has 6 nitrogen and oxygen atoms in total. The maximum Gasteiger partial charge on any atom is 0.271 e. The Morgan fingerprint density at radius 1 is 1.29 bits per heavy atom. The summed E-state index contributed by atoms with van der Waals surface area (Å²) in [6, 6.07) is 12.1. The minimum atomic E-state index is -0.669. The van der Waals surface area contributed by atoms with E-state index in [1.807, 2.05) is 25.1 Å². The van der Waals surface area contributed by atoms with Gasteiger partial charge in [-0.2, -0.15) is 0 Å². The van der Waals surface area contributed by atoms with Gasteiger partial charge in [-0.05, 0) is 43.5 Å². The van der Waals surface area contributed by atoms with Gasteiger partial charge in [-0.3, -0.25) is 14.9 Å². The average Bonchev–Trinajstić information content (AvgIpc) is 2.97. The van der Waals surface area contributed by atoms with E-state index in [0.29, 0.717) is 24.4 Å². The van der Waals surface area contributed by atoms with Crippen LogP contribution >= 0.6 is 0 Å². The molecule has 0 spiro atoms. The topological polar surface area (TPSA) is 72.7 Å². The number of rotatable bonds is 4. The molecule has 0 saturated heterocycles. The summed E-state index contributed by atoms with van der Waals surface area (Å²) in [5.74, 6) is 0.435. The SMILES string of the molecule is Cc1cccc(OC(C)C(=O)N2CCc3ccc([N+](=O)[O-])cc32)c1. The molecule has 1 aliphatic heterocycles. The van der Waals surface area contributed by atoms with Gasteiger partial charge < -0.3 is 9.64 Å². The Kier molecular flexibility index (Phi) is 4.20. The van der Waals surface area contributed by atoms with E-state index in [1.165, 1.54) is 12.1 Å². The van der Waals surface area contributed by atoms with Crippen LogP contribution < -0.4 is 9.64 Å². The third kappa shape index (κ3) is 3.08. The molecular weight excluding hydrogens is 308 g/mol. The number of carbonyl (C=O) groups excluding carboxylic acids is 1. The molecule has 1 atom stereocenters. The molecule has 0 N–H and O–H groups in total. The van der Waals surface area contributed by atoms with Crippen LogP contribution in [0.1, 0.15) is 18.1 Å². The van der Waals surface area contributed by atoms with E-state index >= 15 is 0 Å². The van der Waals surface area contributed by atoms with E-state index < -0.39 is 11.0 Å². The van der Waals surface area contributed by atoms with Crippen molar-refractivity contribution in [2.45, 2.75) is 26.4 Å². The van der Waals surface area contributed by atoms with Crippen LogP contribution in [0.15, 0.2) is 42.5 Å². The second-order valence-electron chi connectivity index (χ2n) is 5.89. The number of carbonyl (C=O) groups is 1. The quantitative estimate of drug-likeness (QED) is 0.638. The van der Waals surface area contributed by atoms with E-state index in [4.69, 9.17) is 4.74 Å². The fourth-order valence-corrected chi connectivity index (χ4v) is 2.87. The molecule has 2 aromatic rings. The lowest BCUT2D eigenvalue weighted by Gasteiger charge is -2.22. The van der Waals surface area contributed by atoms with Crippen LogP contribution in [0, 0.1) is 17.0 Å². The van der Waals surface area contributed by atoms with Crippen LogP contribution in [0.4, 0.5) is 11.4 Å². The standard InChI is InChI=1S/C18H18N2O4/c1-12-4-3-5-16(10-12)24-13(2)18(21)19-9-8-14-6-7-15(20(22)23)11-17(14)19/h3-7,10-11,13H,8-9H2,1-2H3. The summed E-state index contributed by atoms with van der Waals surface area (Å²) < 4.78 is 5.74. The fourth-order valence-electron chi connectivity index (χ4n) is 2.87. The Morgan fingerprint density at radius 2 is 2.08 bits per heavy atom. The Labute approximate surface area is 139 Å². The van der Waals surface area contributed by atoms with E-state index in [-0.39, 0.29) is 11.6 Å². The second kappa shape index (κ2) is 6.31. The molecular formula is C18H18N2O4. The number of benzene rings is 2. The van der Waals surface area contributed by atoms with Crippen molar-refractivity contribution >= 4 is 17.3 Å². The molecule has 2 aromatic carbocycles. The molecule has 0 saturated carbocycles. The Balaban J connectivity index is 1.79. The molecule has 124 valence electrons. The number of fused-ring (bicyclic) bond motifs is 1. The highest BCUT2D eigenvalue weighted by Gasteiger charge is 2.30. The number of hydrogen-bond acceptors (Lipinski definition) is 4. The van der Waals surface area contributed by atoms with E-state index in [9.17, 15) is 14.9 Å². The Morgan fingerprint density at radius 3 is 2.79 bits per heavy atom. The van der Waals surface area contributed by atoms with Crippen LogP contribution in [0.25, 0.3) is 0 Å². The van der Waals surface area contributed by atoms with Gasteiger partial charge in [-0.25, -0.2) is 0 Å². The number of amides is 1. The van der Waals surface area contributed by atoms with Gasteiger partial charge in [-0.15, -0.1) is 0 Å². The average molecular weight is 326 g/mol. The molecule has 0 bridgehead atoms. The zero-order valence-corrected chi connectivity index (χ0v) is 13.6. The molecule has 1 amide bonds. The summed E-state index contributed by atoms with van der Waals surface area (Å²) in [5, 5.41) is 11.0. The number of nitro groups is 1. The summed E-state index contributed by atoms with van der Waals surface area (Å²) in [7, 11) is 0. The fraction of sp³-hybridized carbons (Fsp3) is 0.278. The first-order valence-corrected chi connectivity index (χ1v) is 7.78. The highest BCUT2D eigenvalue weighted by atomic mass is 16.6. The van der Waals surface area contributed by atoms with Crippen molar-refractivity contribution in [3.8, 4) is 5.75 Å². The summed E-state index contributed by atoms with van der Waals surface area (Å²) in [5.41, 5.74) is 2.58. The van der Waals surface area contributed by atoms with Crippen molar-refractivity contribution in [2.75, 3.05) is 11.4 Å². The summed E-state index contributed by atoms with van der Waals surface area (Å²) in [6.07, 6.45) is 0.0213. The van der Waals surface area contributed by atoms with Crippen LogP contribution in [-0.4, -0.2) is 23.5 Å². The largest absolute Gasteiger partial charge is 0.481 e. The maximum absolute atomic E-state index is 12.7. The first kappa shape index (κ1) is 16.0. The predicted octanol–water partition coefficient (Wildman–Crippen LogP) is 3.26. The number of ether oxygens (including phenoxy) is 1. The highest BCUT2D eigenvalue weighted by Crippen LogP contribution is 2.32. The van der Waals surface area contributed by atoms with Gasteiger partial charge in [0.15, 0.2) is 6.10 Å². The molecule has 1 unspecified atom stereocenters. The zero-order valence-electron chi connectivity index (χ0n) is 13.6. The number of nitrogens with zero attached hydrogens (tertiary/aromatic N) is 2. The van der Waals surface area contributed by atoms with Crippen molar-refractivity contribution in [1.82, 2.24) is 0 Å². The van der Waals surface area contributed by atoms with Gasteiger partial charge in [0.25, 0.3) is 11.6 Å². The Hall–Kier alpha value is -2.89. The van der Waals surface area contributed by atoms with Crippen molar-refractivity contribution in [2.24, 2.45) is 0 Å². The van der Waals surface area contributed by atoms with Gasteiger partial charge >= 0.3 is 0 Å². The number of hydrogen-bond donors (Lipinski definition) is 0. The first-order chi connectivity index (χ1) is 11.5. The Bertz CT molecular complexity index is 803. The van der Waals surface area contributed by atoms with Crippen LogP contribution in [0.2, 0.25) is 0 Å². The summed E-state index contributed by atoms with van der Waals surface area (Å²) >= 11 is 0. The van der Waals surface area contributed by atoms with Crippen LogP contribution in [-0.2, 0) is 11.2 Å². The van der Waals surface area contributed by atoms with Gasteiger partial charge in [0.05, 0.1) is 10.6 Å². The maximum atomic E-state index is 12.7. The van der Waals surface area contributed by atoms with Gasteiger partial charge in [-0.1, -0.05) is 18.2 Å². The number of anilines is 1. The third-order valence-electron chi connectivity index (χ3n) is 4.09. The second-order valence-corrected chi connectivity index (χ2v) is 5.89. The molecule has 0 aliphatic carbocycles. The molecule has 1 heterocycles. The van der Waals surface area contributed by atoms with Crippen molar-refractivity contribution in [1.29, 1.82) is 0 Å². The lowest BCUT2D eigenvalue weighted by Crippen LogP contribution is -2.39. The van der Waals surface area contributed by atoms with Gasteiger partial charge in [0.1, 0.15) is 5.75 Å². The summed E-state index contributed by atoms with van der Waals surface area (Å²) in [4.78, 5) is 24.8. The summed E-state index contributed by atoms with van der Waals surface area (Å²) in [6.45, 7) is 4.16. The monoisotopic (exact) mass is 326 g/mol.